The molecule has 0 radical (unpaired) electrons. The number of rotatable bonds is 8. The lowest BCUT2D eigenvalue weighted by molar-refractivity contribution is -0.118. The van der Waals surface area contributed by atoms with Crippen molar-refractivity contribution in [2.24, 2.45) is 0 Å². The molecule has 0 aliphatic heterocycles. The van der Waals surface area contributed by atoms with Gasteiger partial charge in [0.2, 0.25) is 5.91 Å². The van der Waals surface area contributed by atoms with Gasteiger partial charge in [-0.05, 0) is 42.7 Å². The molecule has 0 atom stereocenters. The number of nitrogens with one attached hydrogen (secondary N) is 1. The molecule has 5 heteroatoms. The normalized spacial score (nSPS) is 10.5. The molecule has 1 amide bonds. The van der Waals surface area contributed by atoms with E-state index in [1.54, 1.807) is 0 Å². The van der Waals surface area contributed by atoms with Crippen LogP contribution in [0.3, 0.4) is 0 Å². The van der Waals surface area contributed by atoms with Gasteiger partial charge in [-0.25, -0.2) is 0 Å². The molecule has 24 heavy (non-hydrogen) atoms. The van der Waals surface area contributed by atoms with Gasteiger partial charge >= 0.3 is 0 Å². The van der Waals surface area contributed by atoms with Crippen molar-refractivity contribution in [3.8, 4) is 0 Å². The maximum Gasteiger partial charge on any atom is 0.230 e. The summed E-state index contributed by atoms with van der Waals surface area (Å²) in [7, 11) is 4.07. The monoisotopic (exact) mass is 362 g/mol. The zero-order chi connectivity index (χ0) is 17.4. The quantitative estimate of drug-likeness (QED) is 0.563. The lowest BCUT2D eigenvalue weighted by atomic mass is 10.1. The van der Waals surface area contributed by atoms with Gasteiger partial charge in [-0.3, -0.25) is 4.79 Å². The zero-order valence-corrected chi connectivity index (χ0v) is 15.7. The van der Waals surface area contributed by atoms with Crippen molar-refractivity contribution < 1.29 is 4.79 Å². The third kappa shape index (κ3) is 6.10. The fraction of sp³-hybridized carbons (Fsp3) is 0.316. The minimum absolute atomic E-state index is 0.0443. The second-order valence-electron chi connectivity index (χ2n) is 5.73. The van der Waals surface area contributed by atoms with Crippen molar-refractivity contribution >= 4 is 35.0 Å². The number of nitrogens with zero attached hydrogens (tertiary/aromatic N) is 1. The summed E-state index contributed by atoms with van der Waals surface area (Å²) >= 11 is 7.54. The van der Waals surface area contributed by atoms with Crippen LogP contribution in [-0.4, -0.2) is 32.3 Å². The van der Waals surface area contributed by atoms with Crippen molar-refractivity contribution in [2.45, 2.75) is 17.7 Å². The standard InChI is InChI=1S/C19H23ClN2OS/c1-22(2)16-11-9-15(10-12-16)6-5-13-21-19(23)14-24-18-8-4-3-7-17(18)20/h3-4,7-12H,5-6,13-14H2,1-2H3,(H,21,23). The van der Waals surface area contributed by atoms with Gasteiger partial charge in [0.25, 0.3) is 0 Å². The highest BCUT2D eigenvalue weighted by atomic mass is 35.5. The molecule has 2 aromatic carbocycles. The number of carbonyl (C=O) groups is 1. The Kier molecular flexibility index (Phi) is 7.47. The molecule has 1 N–H and O–H groups in total. The molecular formula is C19H23ClN2OS. The van der Waals surface area contributed by atoms with E-state index in [4.69, 9.17) is 11.6 Å². The maximum atomic E-state index is 11.9. The van der Waals surface area contributed by atoms with Crippen molar-refractivity contribution in [3.05, 3.63) is 59.1 Å². The van der Waals surface area contributed by atoms with Crippen LogP contribution in [0.5, 0.6) is 0 Å². The highest BCUT2D eigenvalue weighted by Crippen LogP contribution is 2.26. The van der Waals surface area contributed by atoms with E-state index in [2.05, 4.69) is 34.5 Å². The Morgan fingerprint density at radius 3 is 2.50 bits per heavy atom. The van der Waals surface area contributed by atoms with Crippen LogP contribution in [0.15, 0.2) is 53.4 Å². The van der Waals surface area contributed by atoms with Crippen molar-refractivity contribution in [1.29, 1.82) is 0 Å². The summed E-state index contributed by atoms with van der Waals surface area (Å²) in [6.45, 7) is 0.692. The Labute approximate surface area is 153 Å². The summed E-state index contributed by atoms with van der Waals surface area (Å²) in [5.41, 5.74) is 2.49. The number of thioether (sulfide) groups is 1. The van der Waals surface area contributed by atoms with Crippen molar-refractivity contribution in [3.63, 3.8) is 0 Å². The summed E-state index contributed by atoms with van der Waals surface area (Å²) in [6.07, 6.45) is 1.90. The van der Waals surface area contributed by atoms with Gasteiger partial charge in [-0.1, -0.05) is 35.9 Å². The molecular weight excluding hydrogens is 340 g/mol. The van der Waals surface area contributed by atoms with E-state index < -0.39 is 0 Å². The highest BCUT2D eigenvalue weighted by Gasteiger charge is 2.05. The van der Waals surface area contributed by atoms with E-state index in [1.807, 2.05) is 38.4 Å². The van der Waals surface area contributed by atoms with Gasteiger partial charge < -0.3 is 10.2 Å². The fourth-order valence-electron chi connectivity index (χ4n) is 2.24. The molecule has 0 bridgehead atoms. The summed E-state index contributed by atoms with van der Waals surface area (Å²) in [6, 6.07) is 16.1. The number of aryl methyl sites for hydroxylation is 1. The SMILES string of the molecule is CN(C)c1ccc(CCCNC(=O)CSc2ccccc2Cl)cc1. The molecule has 0 saturated carbocycles. The molecule has 2 aromatic rings. The average molecular weight is 363 g/mol. The molecule has 0 aliphatic rings. The fourth-order valence-corrected chi connectivity index (χ4v) is 3.31. The molecule has 0 aromatic heterocycles. The Morgan fingerprint density at radius 2 is 1.83 bits per heavy atom. The van der Waals surface area contributed by atoms with Gasteiger partial charge in [-0.15, -0.1) is 11.8 Å². The van der Waals surface area contributed by atoms with Crippen LogP contribution < -0.4 is 10.2 Å². The molecule has 0 saturated heterocycles. The van der Waals surface area contributed by atoms with Crippen LogP contribution in [0.25, 0.3) is 0 Å². The molecule has 128 valence electrons. The molecule has 0 unspecified atom stereocenters. The predicted octanol–water partition coefficient (Wildman–Crippen LogP) is 4.25. The first-order valence-corrected chi connectivity index (χ1v) is 9.33. The average Bonchev–Trinajstić information content (AvgIpc) is 2.58. The first-order valence-electron chi connectivity index (χ1n) is 7.96. The maximum absolute atomic E-state index is 11.9. The highest BCUT2D eigenvalue weighted by molar-refractivity contribution is 8.00. The summed E-state index contributed by atoms with van der Waals surface area (Å²) in [5, 5.41) is 3.65. The summed E-state index contributed by atoms with van der Waals surface area (Å²) in [5.74, 6) is 0.434. The lowest BCUT2D eigenvalue weighted by Crippen LogP contribution is -2.26. The van der Waals surface area contributed by atoms with E-state index in [1.165, 1.54) is 23.0 Å². The van der Waals surface area contributed by atoms with Crippen LogP contribution in [0, 0.1) is 0 Å². The molecule has 0 spiro atoms. The molecule has 3 nitrogen and oxygen atoms in total. The van der Waals surface area contributed by atoms with Crippen molar-refractivity contribution in [1.82, 2.24) is 5.32 Å². The second kappa shape index (κ2) is 9.60. The molecule has 0 fully saturated rings. The zero-order valence-electron chi connectivity index (χ0n) is 14.1. The lowest BCUT2D eigenvalue weighted by Gasteiger charge is -2.12. The van der Waals surface area contributed by atoms with E-state index in [9.17, 15) is 4.79 Å². The number of hydrogen-bond donors (Lipinski definition) is 1. The number of carbonyl (C=O) groups excluding carboxylic acids is 1. The van der Waals surface area contributed by atoms with Crippen LogP contribution in [0.2, 0.25) is 5.02 Å². The van der Waals surface area contributed by atoms with E-state index >= 15 is 0 Å². The second-order valence-corrected chi connectivity index (χ2v) is 7.16. The number of halogens is 1. The molecule has 0 aliphatic carbocycles. The predicted molar refractivity (Wildman–Crippen MR) is 104 cm³/mol. The number of hydrogen-bond acceptors (Lipinski definition) is 3. The van der Waals surface area contributed by atoms with Gasteiger partial charge in [0.15, 0.2) is 0 Å². The first kappa shape index (κ1) is 18.7. The Bertz CT molecular complexity index is 659. The van der Waals surface area contributed by atoms with Gasteiger partial charge in [0.1, 0.15) is 0 Å². The number of benzene rings is 2. The van der Waals surface area contributed by atoms with E-state index in [-0.39, 0.29) is 5.91 Å². The smallest absolute Gasteiger partial charge is 0.230 e. The summed E-state index contributed by atoms with van der Waals surface area (Å²) in [4.78, 5) is 14.9. The van der Waals surface area contributed by atoms with Gasteiger partial charge in [-0.2, -0.15) is 0 Å². The number of amides is 1. The Morgan fingerprint density at radius 1 is 1.12 bits per heavy atom. The molecule has 0 heterocycles. The number of anilines is 1. The third-order valence-corrected chi connectivity index (χ3v) is 5.13. The van der Waals surface area contributed by atoms with E-state index in [0.717, 1.165) is 17.7 Å². The van der Waals surface area contributed by atoms with Crippen molar-refractivity contribution in [2.75, 3.05) is 31.3 Å². The minimum Gasteiger partial charge on any atom is -0.378 e. The first-order chi connectivity index (χ1) is 11.6. The van der Waals surface area contributed by atoms with E-state index in [0.29, 0.717) is 17.3 Å². The minimum atomic E-state index is 0.0443. The third-order valence-electron chi connectivity index (χ3n) is 3.61. The largest absolute Gasteiger partial charge is 0.378 e. The van der Waals surface area contributed by atoms with Crippen LogP contribution in [0.4, 0.5) is 5.69 Å². The summed E-state index contributed by atoms with van der Waals surface area (Å²) < 4.78 is 0. The van der Waals surface area contributed by atoms with Crippen LogP contribution in [-0.2, 0) is 11.2 Å². The Hall–Kier alpha value is -1.65. The Balaban J connectivity index is 1.65. The van der Waals surface area contributed by atoms with Gasteiger partial charge in [0.05, 0.1) is 10.8 Å². The van der Waals surface area contributed by atoms with Crippen LogP contribution in [0.1, 0.15) is 12.0 Å². The van der Waals surface area contributed by atoms with Crippen LogP contribution >= 0.6 is 23.4 Å². The topological polar surface area (TPSA) is 32.3 Å². The molecule has 2 rings (SSSR count). The van der Waals surface area contributed by atoms with Gasteiger partial charge in [0, 0.05) is 31.2 Å².